The van der Waals surface area contributed by atoms with E-state index < -0.39 is 0 Å². The zero-order valence-corrected chi connectivity index (χ0v) is 12.3. The Hall–Kier alpha value is -2.14. The highest BCUT2D eigenvalue weighted by Gasteiger charge is 2.14. The van der Waals surface area contributed by atoms with Crippen molar-refractivity contribution in [3.8, 4) is 5.75 Å². The number of rotatable bonds is 4. The van der Waals surface area contributed by atoms with Gasteiger partial charge < -0.3 is 15.4 Å². The molecule has 0 atom stereocenters. The topological polar surface area (TPSA) is 64.3 Å². The van der Waals surface area contributed by atoms with Gasteiger partial charge in [-0.1, -0.05) is 0 Å². The van der Waals surface area contributed by atoms with Crippen molar-refractivity contribution in [1.82, 2.24) is 10.2 Å². The van der Waals surface area contributed by atoms with Gasteiger partial charge in [0.15, 0.2) is 5.82 Å². The molecule has 0 aliphatic heterocycles. The molecule has 5 heteroatoms. The van der Waals surface area contributed by atoms with Crippen LogP contribution in [0.15, 0.2) is 24.3 Å². The molecule has 1 aromatic carbocycles. The Morgan fingerprint density at radius 3 is 2.35 bits per heavy atom. The smallest absolute Gasteiger partial charge is 0.160 e. The minimum Gasteiger partial charge on any atom is -0.497 e. The molecule has 2 N–H and O–H groups in total. The predicted molar refractivity (Wildman–Crippen MR) is 80.5 cm³/mol. The van der Waals surface area contributed by atoms with Crippen LogP contribution in [0.25, 0.3) is 0 Å². The number of aryl methyl sites for hydroxylation is 1. The van der Waals surface area contributed by atoms with Crippen LogP contribution in [0.4, 0.5) is 11.5 Å². The number of methoxy groups -OCH3 is 1. The first-order chi connectivity index (χ1) is 9.58. The minimum absolute atomic E-state index is 0.442. The lowest BCUT2D eigenvalue weighted by Crippen LogP contribution is -2.17. The van der Waals surface area contributed by atoms with Gasteiger partial charge in [0, 0.05) is 24.8 Å². The van der Waals surface area contributed by atoms with Gasteiger partial charge in [-0.05, 0) is 43.7 Å². The van der Waals surface area contributed by atoms with Crippen LogP contribution in [0.2, 0.25) is 0 Å². The largest absolute Gasteiger partial charge is 0.497 e. The molecule has 5 nitrogen and oxygen atoms in total. The van der Waals surface area contributed by atoms with Crippen molar-refractivity contribution in [1.29, 1.82) is 0 Å². The van der Waals surface area contributed by atoms with Crippen molar-refractivity contribution in [3.05, 3.63) is 41.1 Å². The van der Waals surface area contributed by atoms with Gasteiger partial charge in [0.25, 0.3) is 0 Å². The minimum atomic E-state index is 0.442. The summed E-state index contributed by atoms with van der Waals surface area (Å²) < 4.78 is 5.17. The Morgan fingerprint density at radius 2 is 1.80 bits per heavy atom. The molecule has 1 heterocycles. The van der Waals surface area contributed by atoms with E-state index >= 15 is 0 Å². The van der Waals surface area contributed by atoms with E-state index in [1.165, 1.54) is 0 Å². The lowest BCUT2D eigenvalue weighted by Gasteiger charge is -2.22. The fourth-order valence-corrected chi connectivity index (χ4v) is 2.09. The summed E-state index contributed by atoms with van der Waals surface area (Å²) in [7, 11) is 3.61. The number of nitrogens with two attached hydrogens (primary N) is 1. The average Bonchev–Trinajstić information content (AvgIpc) is 2.49. The van der Waals surface area contributed by atoms with E-state index in [9.17, 15) is 0 Å². The molecule has 0 bridgehead atoms. The predicted octanol–water partition coefficient (Wildman–Crippen LogP) is 2.33. The fraction of sp³-hybridized carbons (Fsp3) is 0.333. The Kier molecular flexibility index (Phi) is 4.20. The monoisotopic (exact) mass is 272 g/mol. The zero-order valence-electron chi connectivity index (χ0n) is 12.3. The highest BCUT2D eigenvalue weighted by Crippen LogP contribution is 2.28. The molecule has 0 aliphatic carbocycles. The van der Waals surface area contributed by atoms with Gasteiger partial charge in [0.2, 0.25) is 0 Å². The number of hydrogen-bond acceptors (Lipinski definition) is 5. The van der Waals surface area contributed by atoms with Crippen molar-refractivity contribution in [2.75, 3.05) is 19.1 Å². The first-order valence-corrected chi connectivity index (χ1v) is 6.49. The lowest BCUT2D eigenvalue weighted by atomic mass is 10.1. The molecule has 2 aromatic rings. The molecule has 0 amide bonds. The van der Waals surface area contributed by atoms with Crippen LogP contribution in [-0.2, 0) is 6.54 Å². The molecule has 0 saturated carbocycles. The van der Waals surface area contributed by atoms with Crippen LogP contribution in [0.5, 0.6) is 5.75 Å². The third-order valence-electron chi connectivity index (χ3n) is 3.54. The summed E-state index contributed by atoms with van der Waals surface area (Å²) in [4.78, 5) is 1.99. The Balaban J connectivity index is 2.42. The highest BCUT2D eigenvalue weighted by molar-refractivity contribution is 5.63. The van der Waals surface area contributed by atoms with Crippen LogP contribution in [0.1, 0.15) is 16.8 Å². The van der Waals surface area contributed by atoms with E-state index in [1.807, 2.05) is 50.1 Å². The van der Waals surface area contributed by atoms with E-state index in [2.05, 4.69) is 10.2 Å². The Bertz CT molecular complexity index is 596. The molecule has 1 aromatic heterocycles. The average molecular weight is 272 g/mol. The molecular weight excluding hydrogens is 252 g/mol. The Morgan fingerprint density at radius 1 is 1.15 bits per heavy atom. The van der Waals surface area contributed by atoms with Crippen LogP contribution >= 0.6 is 0 Å². The summed E-state index contributed by atoms with van der Waals surface area (Å²) in [5.74, 6) is 1.62. The lowest BCUT2D eigenvalue weighted by molar-refractivity contribution is 0.415. The summed E-state index contributed by atoms with van der Waals surface area (Å²) in [6.07, 6.45) is 0. The quantitative estimate of drug-likeness (QED) is 0.925. The van der Waals surface area contributed by atoms with Gasteiger partial charge >= 0.3 is 0 Å². The molecule has 0 saturated heterocycles. The first-order valence-electron chi connectivity index (χ1n) is 6.49. The van der Waals surface area contributed by atoms with Crippen molar-refractivity contribution < 1.29 is 4.74 Å². The molecule has 0 aliphatic rings. The van der Waals surface area contributed by atoms with Crippen molar-refractivity contribution >= 4 is 11.5 Å². The maximum absolute atomic E-state index is 5.87. The molecule has 0 fully saturated rings. The summed E-state index contributed by atoms with van der Waals surface area (Å²) in [6, 6.07) is 7.80. The number of hydrogen-bond donors (Lipinski definition) is 1. The van der Waals surface area contributed by atoms with Crippen molar-refractivity contribution in [2.45, 2.75) is 20.4 Å². The first kappa shape index (κ1) is 14.3. The normalized spacial score (nSPS) is 10.4. The summed E-state index contributed by atoms with van der Waals surface area (Å²) >= 11 is 0. The number of ether oxygens (including phenoxy) is 1. The third-order valence-corrected chi connectivity index (χ3v) is 3.54. The second kappa shape index (κ2) is 5.88. The van der Waals surface area contributed by atoms with Crippen molar-refractivity contribution in [3.63, 3.8) is 0 Å². The Labute approximate surface area is 119 Å². The number of benzene rings is 1. The van der Waals surface area contributed by atoms with Gasteiger partial charge in [0.05, 0.1) is 12.8 Å². The molecule has 106 valence electrons. The zero-order chi connectivity index (χ0) is 14.7. The van der Waals surface area contributed by atoms with Gasteiger partial charge in [-0.3, -0.25) is 0 Å². The second-order valence-electron chi connectivity index (χ2n) is 4.67. The van der Waals surface area contributed by atoms with E-state index in [0.29, 0.717) is 6.54 Å². The highest BCUT2D eigenvalue weighted by atomic mass is 16.5. The maximum Gasteiger partial charge on any atom is 0.160 e. The van der Waals surface area contributed by atoms with Crippen LogP contribution < -0.4 is 15.4 Å². The standard InChI is InChI=1S/C15H20N4O/c1-10-11(2)17-18-15(14(10)9-16)19(3)12-5-7-13(20-4)8-6-12/h5-8H,9,16H2,1-4H3. The van der Waals surface area contributed by atoms with Crippen LogP contribution in [0, 0.1) is 13.8 Å². The van der Waals surface area contributed by atoms with E-state index in [-0.39, 0.29) is 0 Å². The van der Waals surface area contributed by atoms with Gasteiger partial charge in [0.1, 0.15) is 5.75 Å². The maximum atomic E-state index is 5.87. The molecule has 20 heavy (non-hydrogen) atoms. The SMILES string of the molecule is COc1ccc(N(C)c2nnc(C)c(C)c2CN)cc1. The molecule has 2 rings (SSSR count). The summed E-state index contributed by atoms with van der Waals surface area (Å²) in [6.45, 7) is 4.41. The van der Waals surface area contributed by atoms with E-state index in [1.54, 1.807) is 7.11 Å². The molecule has 0 spiro atoms. The summed E-state index contributed by atoms with van der Waals surface area (Å²) in [5, 5.41) is 8.49. The molecule has 0 radical (unpaired) electrons. The fourth-order valence-electron chi connectivity index (χ4n) is 2.09. The van der Waals surface area contributed by atoms with Crippen molar-refractivity contribution in [2.24, 2.45) is 5.73 Å². The van der Waals surface area contributed by atoms with Crippen LogP contribution in [-0.4, -0.2) is 24.4 Å². The van der Waals surface area contributed by atoms with Gasteiger partial charge in [-0.25, -0.2) is 0 Å². The van der Waals surface area contributed by atoms with Gasteiger partial charge in [-0.2, -0.15) is 5.10 Å². The van der Waals surface area contributed by atoms with E-state index in [0.717, 1.165) is 34.1 Å². The van der Waals surface area contributed by atoms with Crippen LogP contribution in [0.3, 0.4) is 0 Å². The number of aromatic nitrogens is 2. The molecular formula is C15H20N4O. The third kappa shape index (κ3) is 2.58. The molecule has 0 unspecified atom stereocenters. The van der Waals surface area contributed by atoms with E-state index in [4.69, 9.17) is 10.5 Å². The second-order valence-corrected chi connectivity index (χ2v) is 4.67. The number of anilines is 2. The van der Waals surface area contributed by atoms with Gasteiger partial charge in [-0.15, -0.1) is 5.10 Å². The summed E-state index contributed by atoms with van der Waals surface area (Å²) in [5.41, 5.74) is 9.91. The number of nitrogens with zero attached hydrogens (tertiary/aromatic N) is 3.